The van der Waals surface area contributed by atoms with Gasteiger partial charge in [-0.05, 0) is 81.4 Å². The van der Waals surface area contributed by atoms with Crippen LogP contribution in [-0.4, -0.2) is 20.2 Å². The topological polar surface area (TPSA) is 56.8 Å². The highest BCUT2D eigenvalue weighted by atomic mass is 79.9. The average molecular weight is 624 g/mol. The zero-order valence-electron chi connectivity index (χ0n) is 20.0. The number of benzene rings is 3. The highest BCUT2D eigenvalue weighted by Crippen LogP contribution is 2.54. The lowest BCUT2D eigenvalue weighted by Crippen LogP contribution is -2.31. The van der Waals surface area contributed by atoms with E-state index in [0.717, 1.165) is 33.3 Å². The Morgan fingerprint density at radius 2 is 1.84 bits per heavy atom. The monoisotopic (exact) mass is 621 g/mol. The minimum atomic E-state index is -0.375. The molecule has 37 heavy (non-hydrogen) atoms. The number of esters is 1. The van der Waals surface area contributed by atoms with E-state index in [0.29, 0.717) is 38.7 Å². The molecule has 2 aliphatic rings. The Bertz CT molecular complexity index is 1410. The Morgan fingerprint density at radius 3 is 2.57 bits per heavy atom. The number of methoxy groups -OCH3 is 2. The van der Waals surface area contributed by atoms with Crippen LogP contribution < -0.4 is 14.8 Å². The smallest absolute Gasteiger partial charge is 0.338 e. The molecule has 0 amide bonds. The van der Waals surface area contributed by atoms with Crippen LogP contribution in [0.5, 0.6) is 11.5 Å². The van der Waals surface area contributed by atoms with Crippen molar-refractivity contribution in [1.29, 1.82) is 0 Å². The number of hydrogen-bond donors (Lipinski definition) is 1. The molecule has 9 heteroatoms. The molecule has 0 saturated carbocycles. The second-order valence-corrected chi connectivity index (χ2v) is 11.0. The fourth-order valence-electron chi connectivity index (χ4n) is 5.14. The minimum Gasteiger partial charge on any atom is -0.493 e. The van der Waals surface area contributed by atoms with Gasteiger partial charge in [0.2, 0.25) is 0 Å². The summed E-state index contributed by atoms with van der Waals surface area (Å²) >= 11 is 22.5. The molecule has 3 atom stereocenters. The minimum absolute atomic E-state index is 0.0180. The molecule has 0 saturated heterocycles. The largest absolute Gasteiger partial charge is 0.493 e. The first-order valence-electron chi connectivity index (χ1n) is 11.6. The third-order valence-electron chi connectivity index (χ3n) is 6.85. The van der Waals surface area contributed by atoms with Crippen LogP contribution in [0.4, 0.5) is 5.69 Å². The lowest BCUT2D eigenvalue weighted by molar-refractivity contribution is 0.0598. The van der Waals surface area contributed by atoms with E-state index < -0.39 is 0 Å². The Balaban J connectivity index is 1.49. The van der Waals surface area contributed by atoms with Gasteiger partial charge in [-0.25, -0.2) is 4.79 Å². The highest BCUT2D eigenvalue weighted by molar-refractivity contribution is 9.10. The standard InChI is InChI=1S/C28H23BrCl3NO4/c1-35-23-12-15(11-19(29)27(23)37-13-14-6-8-20(30)22(32)10-14)25-17-5-3-4-16(17)24-18(28(34)36-2)7-9-21(31)26(24)33-25/h3-4,6-12,16-17,25,33H,5,13H2,1-2H3/t16-,17+,25+/m1/s1. The number of allylic oxidation sites excluding steroid dienone is 2. The van der Waals surface area contributed by atoms with Crippen LogP contribution in [0.1, 0.15) is 45.4 Å². The molecule has 1 aliphatic heterocycles. The first kappa shape index (κ1) is 26.2. The summed E-state index contributed by atoms with van der Waals surface area (Å²) in [5.41, 5.74) is 4.04. The van der Waals surface area contributed by atoms with Crippen LogP contribution >= 0.6 is 50.7 Å². The summed E-state index contributed by atoms with van der Waals surface area (Å²) in [6, 6.07) is 12.8. The van der Waals surface area contributed by atoms with Crippen LogP contribution in [0.15, 0.2) is 59.1 Å². The maximum absolute atomic E-state index is 12.5. The zero-order valence-corrected chi connectivity index (χ0v) is 23.8. The number of carbonyl (C=O) groups excluding carboxylic acids is 1. The van der Waals surface area contributed by atoms with E-state index in [4.69, 9.17) is 49.0 Å². The second-order valence-electron chi connectivity index (χ2n) is 8.92. The number of hydrogen-bond acceptors (Lipinski definition) is 5. The first-order valence-corrected chi connectivity index (χ1v) is 13.5. The van der Waals surface area contributed by atoms with Gasteiger partial charge in [0.25, 0.3) is 0 Å². The van der Waals surface area contributed by atoms with Crippen molar-refractivity contribution < 1.29 is 19.0 Å². The number of halogens is 4. The van der Waals surface area contributed by atoms with Gasteiger partial charge in [0.05, 0.1) is 51.1 Å². The van der Waals surface area contributed by atoms with Crippen molar-refractivity contribution in [3.8, 4) is 11.5 Å². The average Bonchev–Trinajstić information content (AvgIpc) is 3.39. The van der Waals surface area contributed by atoms with Gasteiger partial charge in [-0.1, -0.05) is 53.0 Å². The number of ether oxygens (including phenoxy) is 3. The van der Waals surface area contributed by atoms with E-state index in [9.17, 15) is 4.79 Å². The number of nitrogens with one attached hydrogen (secondary N) is 1. The number of anilines is 1. The predicted octanol–water partition coefficient (Wildman–Crippen LogP) is 8.61. The molecule has 0 fully saturated rings. The third kappa shape index (κ3) is 4.92. The predicted molar refractivity (Wildman–Crippen MR) is 151 cm³/mol. The molecule has 1 heterocycles. The van der Waals surface area contributed by atoms with Gasteiger partial charge >= 0.3 is 5.97 Å². The lowest BCUT2D eigenvalue weighted by atomic mass is 9.75. The molecule has 1 aliphatic carbocycles. The summed E-state index contributed by atoms with van der Waals surface area (Å²) in [5.74, 6) is 0.994. The van der Waals surface area contributed by atoms with Gasteiger partial charge in [0.1, 0.15) is 6.61 Å². The molecular weight excluding hydrogens is 601 g/mol. The molecule has 5 rings (SSSR count). The van der Waals surface area contributed by atoms with Crippen molar-refractivity contribution in [1.82, 2.24) is 0 Å². The normalized spacial score (nSPS) is 19.6. The molecule has 3 aromatic rings. The molecule has 1 N–H and O–H groups in total. The van der Waals surface area contributed by atoms with Crippen molar-refractivity contribution in [2.45, 2.75) is 25.0 Å². The van der Waals surface area contributed by atoms with E-state index in [1.165, 1.54) is 7.11 Å². The van der Waals surface area contributed by atoms with Gasteiger partial charge in [-0.3, -0.25) is 0 Å². The SMILES string of the molecule is COC(=O)c1ccc(Cl)c2c1[C@@H]1C=CC[C@@H]1[C@H](c1cc(Br)c(OCc3ccc(Cl)c(Cl)c3)c(OC)c1)N2. The van der Waals surface area contributed by atoms with E-state index in [2.05, 4.69) is 33.4 Å². The lowest BCUT2D eigenvalue weighted by Gasteiger charge is -2.39. The van der Waals surface area contributed by atoms with E-state index in [1.54, 1.807) is 31.4 Å². The summed E-state index contributed by atoms with van der Waals surface area (Å²) in [5, 5.41) is 5.14. The fraction of sp³-hybridized carbons (Fsp3) is 0.250. The summed E-state index contributed by atoms with van der Waals surface area (Å²) in [6.07, 6.45) is 5.16. The molecule has 3 aromatic carbocycles. The quantitative estimate of drug-likeness (QED) is 0.220. The van der Waals surface area contributed by atoms with Crippen molar-refractivity contribution in [3.63, 3.8) is 0 Å². The van der Waals surface area contributed by atoms with Gasteiger partial charge < -0.3 is 19.5 Å². The first-order chi connectivity index (χ1) is 17.8. The molecule has 5 nitrogen and oxygen atoms in total. The number of fused-ring (bicyclic) bond motifs is 3. The van der Waals surface area contributed by atoms with Gasteiger partial charge in [0.15, 0.2) is 11.5 Å². The summed E-state index contributed by atoms with van der Waals surface area (Å²) in [6.45, 7) is 0.292. The van der Waals surface area contributed by atoms with Crippen molar-refractivity contribution in [2.75, 3.05) is 19.5 Å². The van der Waals surface area contributed by atoms with Gasteiger partial charge in [-0.15, -0.1) is 0 Å². The van der Waals surface area contributed by atoms with Crippen LogP contribution in [0.3, 0.4) is 0 Å². The summed E-state index contributed by atoms with van der Waals surface area (Å²) in [7, 11) is 3.00. The highest BCUT2D eigenvalue weighted by Gasteiger charge is 2.41. The maximum Gasteiger partial charge on any atom is 0.338 e. The van der Waals surface area contributed by atoms with Crippen LogP contribution in [-0.2, 0) is 11.3 Å². The van der Waals surface area contributed by atoms with Gasteiger partial charge in [0, 0.05) is 5.92 Å². The van der Waals surface area contributed by atoms with E-state index >= 15 is 0 Å². The summed E-state index contributed by atoms with van der Waals surface area (Å²) in [4.78, 5) is 12.5. The molecule has 0 radical (unpaired) electrons. The van der Waals surface area contributed by atoms with Crippen molar-refractivity contribution in [2.24, 2.45) is 5.92 Å². The van der Waals surface area contributed by atoms with Crippen molar-refractivity contribution >= 4 is 62.4 Å². The molecular formula is C28H23BrCl3NO4. The van der Waals surface area contributed by atoms with Crippen LogP contribution in [0.25, 0.3) is 0 Å². The maximum atomic E-state index is 12.5. The Labute approximate surface area is 238 Å². The Morgan fingerprint density at radius 1 is 1.05 bits per heavy atom. The molecule has 0 bridgehead atoms. The van der Waals surface area contributed by atoms with E-state index in [-0.39, 0.29) is 23.8 Å². The zero-order chi connectivity index (χ0) is 26.3. The number of rotatable bonds is 6. The Hall–Kier alpha value is -2.38. The Kier molecular flexibility index (Phi) is 7.64. The third-order valence-corrected chi connectivity index (χ3v) is 8.50. The summed E-state index contributed by atoms with van der Waals surface area (Å²) < 4.78 is 17.6. The molecule has 0 unspecified atom stereocenters. The molecule has 0 spiro atoms. The van der Waals surface area contributed by atoms with E-state index in [1.807, 2.05) is 18.2 Å². The van der Waals surface area contributed by atoms with Crippen molar-refractivity contribution in [3.05, 3.63) is 96.4 Å². The van der Waals surface area contributed by atoms with Crippen LogP contribution in [0, 0.1) is 5.92 Å². The van der Waals surface area contributed by atoms with Gasteiger partial charge in [-0.2, -0.15) is 0 Å². The molecule has 0 aromatic heterocycles. The fourth-order valence-corrected chi connectivity index (χ4v) is 6.25. The molecule has 192 valence electrons. The number of carbonyl (C=O) groups is 1. The van der Waals surface area contributed by atoms with Crippen LogP contribution in [0.2, 0.25) is 15.1 Å². The second kappa shape index (κ2) is 10.8.